The first-order valence-electron chi connectivity index (χ1n) is 9.70. The van der Waals surface area contributed by atoms with Gasteiger partial charge in [-0.05, 0) is 5.56 Å². The molecule has 2 amide bonds. The Morgan fingerprint density at radius 2 is 1.78 bits per heavy atom. The number of ether oxygens (including phenoxy) is 1. The molecule has 0 radical (unpaired) electrons. The number of piperazine rings is 1. The molecule has 2 saturated heterocycles. The SMILES string of the molecule is CC(=O)N1CCN(C(=O)C[C@H]2COCCN2C/C=C/c2ccccc2)CC1. The fourth-order valence-corrected chi connectivity index (χ4v) is 3.61. The number of carbonyl (C=O) groups is 2. The summed E-state index contributed by atoms with van der Waals surface area (Å²) in [5.41, 5.74) is 1.18. The van der Waals surface area contributed by atoms with Gasteiger partial charge >= 0.3 is 0 Å². The van der Waals surface area contributed by atoms with Crippen molar-refractivity contribution < 1.29 is 14.3 Å². The molecular weight excluding hydrogens is 342 g/mol. The molecule has 0 saturated carbocycles. The first-order valence-corrected chi connectivity index (χ1v) is 9.70. The van der Waals surface area contributed by atoms with Crippen LogP contribution in [0.5, 0.6) is 0 Å². The monoisotopic (exact) mass is 371 g/mol. The summed E-state index contributed by atoms with van der Waals surface area (Å²) < 4.78 is 5.62. The highest BCUT2D eigenvalue weighted by molar-refractivity contribution is 5.78. The summed E-state index contributed by atoms with van der Waals surface area (Å²) in [4.78, 5) is 30.1. The van der Waals surface area contributed by atoms with Crippen LogP contribution in [0.2, 0.25) is 0 Å². The maximum atomic E-state index is 12.7. The number of nitrogens with zero attached hydrogens (tertiary/aromatic N) is 3. The van der Waals surface area contributed by atoms with E-state index in [9.17, 15) is 9.59 Å². The van der Waals surface area contributed by atoms with E-state index in [0.29, 0.717) is 45.8 Å². The number of rotatable bonds is 5. The maximum Gasteiger partial charge on any atom is 0.224 e. The molecule has 0 N–H and O–H groups in total. The summed E-state index contributed by atoms with van der Waals surface area (Å²) in [5, 5.41) is 0. The zero-order valence-corrected chi connectivity index (χ0v) is 16.0. The van der Waals surface area contributed by atoms with Gasteiger partial charge < -0.3 is 14.5 Å². The topological polar surface area (TPSA) is 53.1 Å². The van der Waals surface area contributed by atoms with E-state index < -0.39 is 0 Å². The molecule has 0 unspecified atom stereocenters. The zero-order valence-electron chi connectivity index (χ0n) is 16.0. The molecule has 0 aromatic heterocycles. The van der Waals surface area contributed by atoms with Crippen molar-refractivity contribution in [1.82, 2.24) is 14.7 Å². The van der Waals surface area contributed by atoms with E-state index in [1.807, 2.05) is 23.1 Å². The summed E-state index contributed by atoms with van der Waals surface area (Å²) in [7, 11) is 0. The highest BCUT2D eigenvalue weighted by atomic mass is 16.5. The molecule has 27 heavy (non-hydrogen) atoms. The lowest BCUT2D eigenvalue weighted by molar-refractivity contribution is -0.140. The Hall–Kier alpha value is -2.18. The van der Waals surface area contributed by atoms with E-state index >= 15 is 0 Å². The number of hydrogen-bond acceptors (Lipinski definition) is 4. The van der Waals surface area contributed by atoms with Gasteiger partial charge in [0.15, 0.2) is 0 Å². The van der Waals surface area contributed by atoms with E-state index in [-0.39, 0.29) is 17.9 Å². The average Bonchev–Trinajstić information content (AvgIpc) is 2.70. The molecule has 3 rings (SSSR count). The normalized spacial score (nSPS) is 21.6. The Bertz CT molecular complexity index is 654. The second-order valence-corrected chi connectivity index (χ2v) is 7.13. The van der Waals surface area contributed by atoms with Gasteiger partial charge in [0.25, 0.3) is 0 Å². The van der Waals surface area contributed by atoms with Crippen molar-refractivity contribution in [3.05, 3.63) is 42.0 Å². The molecule has 2 fully saturated rings. The van der Waals surface area contributed by atoms with Gasteiger partial charge in [0.05, 0.1) is 13.2 Å². The predicted octanol–water partition coefficient (Wildman–Crippen LogP) is 1.48. The van der Waals surface area contributed by atoms with Crippen molar-refractivity contribution >= 4 is 17.9 Å². The Morgan fingerprint density at radius 3 is 2.48 bits per heavy atom. The summed E-state index contributed by atoms with van der Waals surface area (Å²) in [6.45, 7) is 7.05. The third-order valence-electron chi connectivity index (χ3n) is 5.29. The van der Waals surface area contributed by atoms with Gasteiger partial charge in [0.2, 0.25) is 11.8 Å². The smallest absolute Gasteiger partial charge is 0.224 e. The van der Waals surface area contributed by atoms with Crippen LogP contribution in [0, 0.1) is 0 Å². The molecule has 2 heterocycles. The molecule has 1 aromatic carbocycles. The van der Waals surface area contributed by atoms with Crippen LogP contribution in [0.4, 0.5) is 0 Å². The van der Waals surface area contributed by atoms with E-state index in [4.69, 9.17) is 4.74 Å². The van der Waals surface area contributed by atoms with Crippen molar-refractivity contribution in [3.8, 4) is 0 Å². The second kappa shape index (κ2) is 9.67. The van der Waals surface area contributed by atoms with Crippen LogP contribution < -0.4 is 0 Å². The highest BCUT2D eigenvalue weighted by Gasteiger charge is 2.28. The number of morpholine rings is 1. The Morgan fingerprint density at radius 1 is 1.07 bits per heavy atom. The zero-order chi connectivity index (χ0) is 19.1. The van der Waals surface area contributed by atoms with Crippen LogP contribution in [-0.2, 0) is 14.3 Å². The van der Waals surface area contributed by atoms with Crippen LogP contribution in [-0.4, -0.2) is 85.0 Å². The number of hydrogen-bond donors (Lipinski definition) is 0. The molecule has 2 aliphatic rings. The highest BCUT2D eigenvalue weighted by Crippen LogP contribution is 2.14. The van der Waals surface area contributed by atoms with Gasteiger partial charge in [0, 0.05) is 58.7 Å². The largest absolute Gasteiger partial charge is 0.378 e. The number of benzene rings is 1. The van der Waals surface area contributed by atoms with Gasteiger partial charge in [-0.25, -0.2) is 0 Å². The van der Waals surface area contributed by atoms with Gasteiger partial charge in [-0.15, -0.1) is 0 Å². The predicted molar refractivity (Wildman–Crippen MR) is 105 cm³/mol. The minimum atomic E-state index is 0.0826. The quantitative estimate of drug-likeness (QED) is 0.787. The minimum absolute atomic E-state index is 0.0826. The van der Waals surface area contributed by atoms with Gasteiger partial charge in [-0.2, -0.15) is 0 Å². The molecule has 1 atom stereocenters. The van der Waals surface area contributed by atoms with Crippen LogP contribution in [0.15, 0.2) is 36.4 Å². The van der Waals surface area contributed by atoms with Crippen LogP contribution in [0.3, 0.4) is 0 Å². The molecule has 2 aliphatic heterocycles. The molecule has 0 bridgehead atoms. The van der Waals surface area contributed by atoms with Crippen molar-refractivity contribution in [2.45, 2.75) is 19.4 Å². The third kappa shape index (κ3) is 5.65. The van der Waals surface area contributed by atoms with Crippen LogP contribution in [0.1, 0.15) is 18.9 Å². The Kier molecular flexibility index (Phi) is 7.01. The molecule has 6 nitrogen and oxygen atoms in total. The first kappa shape index (κ1) is 19.6. The molecule has 0 aliphatic carbocycles. The van der Waals surface area contributed by atoms with Crippen molar-refractivity contribution in [2.75, 3.05) is 52.5 Å². The second-order valence-electron chi connectivity index (χ2n) is 7.13. The van der Waals surface area contributed by atoms with Crippen molar-refractivity contribution in [3.63, 3.8) is 0 Å². The van der Waals surface area contributed by atoms with Crippen LogP contribution >= 0.6 is 0 Å². The summed E-state index contributed by atoms with van der Waals surface area (Å²) in [6.07, 6.45) is 4.75. The lowest BCUT2D eigenvalue weighted by Crippen LogP contribution is -2.52. The molecule has 146 valence electrons. The first-order chi connectivity index (χ1) is 13.1. The number of amides is 2. The van der Waals surface area contributed by atoms with E-state index in [1.54, 1.807) is 11.8 Å². The van der Waals surface area contributed by atoms with Gasteiger partial charge in [-0.3, -0.25) is 14.5 Å². The fraction of sp³-hybridized carbons (Fsp3) is 0.524. The average molecular weight is 371 g/mol. The van der Waals surface area contributed by atoms with E-state index in [1.165, 1.54) is 5.56 Å². The van der Waals surface area contributed by atoms with Gasteiger partial charge in [-0.1, -0.05) is 42.5 Å². The molecule has 6 heteroatoms. The van der Waals surface area contributed by atoms with Crippen molar-refractivity contribution in [1.29, 1.82) is 0 Å². The number of carbonyl (C=O) groups excluding carboxylic acids is 2. The Labute approximate surface area is 161 Å². The fourth-order valence-electron chi connectivity index (χ4n) is 3.61. The molecule has 0 spiro atoms. The maximum absolute atomic E-state index is 12.7. The van der Waals surface area contributed by atoms with Crippen LogP contribution in [0.25, 0.3) is 6.08 Å². The summed E-state index contributed by atoms with van der Waals surface area (Å²) >= 11 is 0. The van der Waals surface area contributed by atoms with E-state index in [2.05, 4.69) is 29.2 Å². The minimum Gasteiger partial charge on any atom is -0.378 e. The molecular formula is C21H29N3O3. The lowest BCUT2D eigenvalue weighted by atomic mass is 10.1. The van der Waals surface area contributed by atoms with Gasteiger partial charge in [0.1, 0.15) is 0 Å². The summed E-state index contributed by atoms with van der Waals surface area (Å²) in [6, 6.07) is 10.3. The standard InChI is InChI=1S/C21H29N3O3/c1-18(25)22-10-12-24(13-11-22)21(26)16-20-17-27-15-14-23(20)9-5-8-19-6-3-2-4-7-19/h2-8,20H,9-17H2,1H3/b8-5+/t20-/m0/s1. The van der Waals surface area contributed by atoms with E-state index in [0.717, 1.165) is 13.1 Å². The van der Waals surface area contributed by atoms with Crippen molar-refractivity contribution in [2.24, 2.45) is 0 Å². The molecule has 1 aromatic rings. The lowest BCUT2D eigenvalue weighted by Gasteiger charge is -2.38. The Balaban J connectivity index is 1.50. The third-order valence-corrected chi connectivity index (χ3v) is 5.29. The summed E-state index contributed by atoms with van der Waals surface area (Å²) in [5.74, 6) is 0.241.